The van der Waals surface area contributed by atoms with Crippen LogP contribution in [-0.2, 0) is 0 Å². The molecule has 1 aromatic heterocycles. The largest absolute Gasteiger partial charge is 0.457 e. The second-order valence-corrected chi connectivity index (χ2v) is 3.78. The quantitative estimate of drug-likeness (QED) is 0.702. The Morgan fingerprint density at radius 2 is 1.50 bits per heavy atom. The average Bonchev–Trinajstić information content (AvgIpc) is 2.94. The lowest BCUT2D eigenvalue weighted by atomic mass is 10.3. The zero-order valence-corrected chi connectivity index (χ0v) is 9.60. The Hall–Kier alpha value is -2.62. The minimum atomic E-state index is 0.785. The van der Waals surface area contributed by atoms with Gasteiger partial charge in [-0.25, -0.2) is 0 Å². The highest BCUT2D eigenvalue weighted by Gasteiger charge is 2.00. The molecule has 3 rings (SSSR count). The molecule has 0 aliphatic heterocycles. The summed E-state index contributed by atoms with van der Waals surface area (Å²) < 4.78 is 7.59. The van der Waals surface area contributed by atoms with E-state index in [1.807, 2.05) is 59.2 Å². The van der Waals surface area contributed by atoms with E-state index >= 15 is 0 Å². The van der Waals surface area contributed by atoms with Crippen LogP contribution in [0.2, 0.25) is 0 Å². The summed E-state index contributed by atoms with van der Waals surface area (Å²) >= 11 is 0. The zero-order chi connectivity index (χ0) is 12.2. The maximum atomic E-state index is 5.76. The van der Waals surface area contributed by atoms with Crippen LogP contribution in [0.15, 0.2) is 67.3 Å². The molecule has 0 radical (unpaired) electrons. The van der Waals surface area contributed by atoms with Gasteiger partial charge < -0.3 is 4.74 Å². The van der Waals surface area contributed by atoms with Crippen molar-refractivity contribution in [3.63, 3.8) is 0 Å². The Bertz CT molecular complexity index is 621. The predicted octanol–water partition coefficient (Wildman–Crippen LogP) is 3.06. The van der Waals surface area contributed by atoms with E-state index in [4.69, 9.17) is 4.74 Å². The molecule has 0 aliphatic rings. The van der Waals surface area contributed by atoms with Gasteiger partial charge in [-0.05, 0) is 24.3 Å². The Balaban J connectivity index is 1.88. The van der Waals surface area contributed by atoms with Gasteiger partial charge in [-0.3, -0.25) is 4.57 Å². The normalized spacial score (nSPS) is 10.2. The number of nitrogens with zero attached hydrogens (tertiary/aromatic N) is 3. The molecule has 4 nitrogen and oxygen atoms in total. The molecule has 0 saturated carbocycles. The van der Waals surface area contributed by atoms with Crippen molar-refractivity contribution in [3.8, 4) is 17.2 Å². The fourth-order valence-corrected chi connectivity index (χ4v) is 1.67. The van der Waals surface area contributed by atoms with Gasteiger partial charge in [0.15, 0.2) is 0 Å². The molecule has 0 aliphatic carbocycles. The van der Waals surface area contributed by atoms with Gasteiger partial charge in [-0.1, -0.05) is 24.3 Å². The van der Waals surface area contributed by atoms with Crippen LogP contribution < -0.4 is 4.74 Å². The molecule has 0 saturated heterocycles. The minimum Gasteiger partial charge on any atom is -0.457 e. The number of rotatable bonds is 3. The summed E-state index contributed by atoms with van der Waals surface area (Å²) in [6, 6.07) is 17.5. The lowest BCUT2D eigenvalue weighted by molar-refractivity contribution is 0.482. The minimum absolute atomic E-state index is 0.785. The highest BCUT2D eigenvalue weighted by Crippen LogP contribution is 2.22. The van der Waals surface area contributed by atoms with Gasteiger partial charge in [0.1, 0.15) is 24.2 Å². The highest BCUT2D eigenvalue weighted by molar-refractivity contribution is 5.41. The van der Waals surface area contributed by atoms with E-state index in [1.165, 1.54) is 0 Å². The number of hydrogen-bond donors (Lipinski definition) is 0. The van der Waals surface area contributed by atoms with Crippen LogP contribution in [0.3, 0.4) is 0 Å². The van der Waals surface area contributed by atoms with Crippen molar-refractivity contribution >= 4 is 0 Å². The third-order valence-electron chi connectivity index (χ3n) is 2.51. The summed E-state index contributed by atoms with van der Waals surface area (Å²) in [6.45, 7) is 0. The summed E-state index contributed by atoms with van der Waals surface area (Å²) in [7, 11) is 0. The SMILES string of the molecule is c1ccc(Oc2cccc(-n3cnnc3)c2)cc1. The van der Waals surface area contributed by atoms with Gasteiger partial charge in [-0.15, -0.1) is 10.2 Å². The van der Waals surface area contributed by atoms with Crippen LogP contribution >= 0.6 is 0 Å². The molecule has 2 aromatic carbocycles. The lowest BCUT2D eigenvalue weighted by Crippen LogP contribution is -1.91. The molecular formula is C14H11N3O. The van der Waals surface area contributed by atoms with Crippen LogP contribution in [0.4, 0.5) is 0 Å². The van der Waals surface area contributed by atoms with Gasteiger partial charge >= 0.3 is 0 Å². The summed E-state index contributed by atoms with van der Waals surface area (Å²) in [5, 5.41) is 7.57. The zero-order valence-electron chi connectivity index (χ0n) is 9.60. The molecule has 88 valence electrons. The third kappa shape index (κ3) is 2.22. The second-order valence-electron chi connectivity index (χ2n) is 3.78. The van der Waals surface area contributed by atoms with Crippen molar-refractivity contribution in [1.82, 2.24) is 14.8 Å². The standard InChI is InChI=1S/C14H11N3O/c1-2-6-13(7-3-1)18-14-8-4-5-12(9-14)17-10-15-16-11-17/h1-11H. The van der Waals surface area contributed by atoms with E-state index in [9.17, 15) is 0 Å². The maximum Gasteiger partial charge on any atom is 0.129 e. The molecule has 4 heteroatoms. The lowest BCUT2D eigenvalue weighted by Gasteiger charge is -2.07. The van der Waals surface area contributed by atoms with Gasteiger partial charge in [0.25, 0.3) is 0 Å². The number of benzene rings is 2. The van der Waals surface area contributed by atoms with Crippen molar-refractivity contribution in [2.75, 3.05) is 0 Å². The van der Waals surface area contributed by atoms with Gasteiger partial charge in [0.05, 0.1) is 5.69 Å². The number of para-hydroxylation sites is 1. The van der Waals surface area contributed by atoms with Gasteiger partial charge in [0, 0.05) is 6.07 Å². The summed E-state index contributed by atoms with van der Waals surface area (Å²) in [5.74, 6) is 1.60. The first-order chi connectivity index (χ1) is 8.92. The van der Waals surface area contributed by atoms with Crippen molar-refractivity contribution in [3.05, 3.63) is 67.3 Å². The molecule has 3 aromatic rings. The topological polar surface area (TPSA) is 39.9 Å². The molecular weight excluding hydrogens is 226 g/mol. The van der Waals surface area contributed by atoms with Gasteiger partial charge in [0.2, 0.25) is 0 Å². The van der Waals surface area contributed by atoms with E-state index in [1.54, 1.807) is 12.7 Å². The van der Waals surface area contributed by atoms with Crippen molar-refractivity contribution in [2.24, 2.45) is 0 Å². The van der Waals surface area contributed by atoms with E-state index in [0.717, 1.165) is 17.2 Å². The smallest absolute Gasteiger partial charge is 0.129 e. The molecule has 0 N–H and O–H groups in total. The first kappa shape index (κ1) is 10.5. The number of ether oxygens (including phenoxy) is 1. The highest BCUT2D eigenvalue weighted by atomic mass is 16.5. The predicted molar refractivity (Wildman–Crippen MR) is 67.9 cm³/mol. The molecule has 18 heavy (non-hydrogen) atoms. The Kier molecular flexibility index (Phi) is 2.75. The van der Waals surface area contributed by atoms with Crippen LogP contribution in [0.5, 0.6) is 11.5 Å². The molecule has 0 bridgehead atoms. The summed E-state index contributed by atoms with van der Waals surface area (Å²) in [6.07, 6.45) is 3.31. The van der Waals surface area contributed by atoms with Crippen LogP contribution in [0.25, 0.3) is 5.69 Å². The summed E-state index contributed by atoms with van der Waals surface area (Å²) in [5.41, 5.74) is 0.966. The van der Waals surface area contributed by atoms with Crippen molar-refractivity contribution < 1.29 is 4.74 Å². The molecule has 0 unspecified atom stereocenters. The fourth-order valence-electron chi connectivity index (χ4n) is 1.67. The third-order valence-corrected chi connectivity index (χ3v) is 2.51. The van der Waals surface area contributed by atoms with Crippen LogP contribution in [0.1, 0.15) is 0 Å². The molecule has 0 atom stereocenters. The van der Waals surface area contributed by atoms with Gasteiger partial charge in [-0.2, -0.15) is 0 Å². The average molecular weight is 237 g/mol. The van der Waals surface area contributed by atoms with Crippen molar-refractivity contribution in [1.29, 1.82) is 0 Å². The maximum absolute atomic E-state index is 5.76. The number of hydrogen-bond acceptors (Lipinski definition) is 3. The Morgan fingerprint density at radius 3 is 2.28 bits per heavy atom. The Morgan fingerprint density at radius 1 is 0.778 bits per heavy atom. The molecule has 0 spiro atoms. The fraction of sp³-hybridized carbons (Fsp3) is 0. The monoisotopic (exact) mass is 237 g/mol. The van der Waals surface area contributed by atoms with E-state index in [0.29, 0.717) is 0 Å². The molecule has 0 amide bonds. The second kappa shape index (κ2) is 4.71. The Labute approximate surface area is 104 Å². The molecule has 0 fully saturated rings. The number of aromatic nitrogens is 3. The van der Waals surface area contributed by atoms with E-state index in [-0.39, 0.29) is 0 Å². The van der Waals surface area contributed by atoms with Crippen molar-refractivity contribution in [2.45, 2.75) is 0 Å². The van der Waals surface area contributed by atoms with Crippen LogP contribution in [0, 0.1) is 0 Å². The first-order valence-corrected chi connectivity index (χ1v) is 5.60. The first-order valence-electron chi connectivity index (χ1n) is 5.60. The van der Waals surface area contributed by atoms with Crippen LogP contribution in [-0.4, -0.2) is 14.8 Å². The molecule has 1 heterocycles. The van der Waals surface area contributed by atoms with E-state index < -0.39 is 0 Å². The summed E-state index contributed by atoms with van der Waals surface area (Å²) in [4.78, 5) is 0. The van der Waals surface area contributed by atoms with E-state index in [2.05, 4.69) is 10.2 Å².